The Morgan fingerprint density at radius 3 is 2.15 bits per heavy atom. The van der Waals surface area contributed by atoms with E-state index in [1.165, 1.54) is 50.5 Å². The normalized spacial score (nSPS) is 58.1. The van der Waals surface area contributed by atoms with E-state index in [2.05, 4.69) is 41.2 Å². The van der Waals surface area contributed by atoms with Crippen molar-refractivity contribution in [1.82, 2.24) is 0 Å². The van der Waals surface area contributed by atoms with Crippen molar-refractivity contribution in [3.05, 3.63) is 12.2 Å². The van der Waals surface area contributed by atoms with Crippen LogP contribution < -0.4 is 0 Å². The highest BCUT2D eigenvalue weighted by atomic mass is 16.3. The smallest absolute Gasteiger partial charge is 0.0618 e. The quantitative estimate of drug-likeness (QED) is 0.457. The Bertz CT molecular complexity index is 808. The molecule has 33 heavy (non-hydrogen) atoms. The molecule has 0 aromatic carbocycles. The Morgan fingerprint density at radius 2 is 1.52 bits per heavy atom. The number of hydrogen-bond acceptors (Lipinski definition) is 3. The average molecular weight is 459 g/mol. The number of fused-ring (bicyclic) bond motifs is 7. The van der Waals surface area contributed by atoms with Crippen LogP contribution in [0.3, 0.4) is 0 Å². The van der Waals surface area contributed by atoms with Gasteiger partial charge in [0.05, 0.1) is 12.7 Å². The Balaban J connectivity index is 1.55. The fourth-order valence-electron chi connectivity index (χ4n) is 11.6. The van der Waals surface area contributed by atoms with Gasteiger partial charge < -0.3 is 15.3 Å². The van der Waals surface area contributed by atoms with Crippen molar-refractivity contribution in [2.24, 2.45) is 56.7 Å². The topological polar surface area (TPSA) is 60.7 Å². The Kier molecular flexibility index (Phi) is 5.57. The Morgan fingerprint density at radius 1 is 0.788 bits per heavy atom. The summed E-state index contributed by atoms with van der Waals surface area (Å²) in [4.78, 5) is 0. The summed E-state index contributed by atoms with van der Waals surface area (Å²) in [6, 6.07) is 0. The van der Waals surface area contributed by atoms with Crippen LogP contribution in [0.1, 0.15) is 98.8 Å². The molecule has 3 heteroatoms. The second kappa shape index (κ2) is 7.56. The minimum atomic E-state index is -0.383. The molecule has 0 bridgehead atoms. The zero-order valence-electron chi connectivity index (χ0n) is 22.0. The molecular formula is C30H50O3. The molecule has 0 aliphatic heterocycles. The largest absolute Gasteiger partial charge is 0.396 e. The maximum Gasteiger partial charge on any atom is 0.0618 e. The minimum absolute atomic E-state index is 0.0964. The van der Waals surface area contributed by atoms with E-state index < -0.39 is 0 Å². The minimum Gasteiger partial charge on any atom is -0.396 e. The van der Waals surface area contributed by atoms with Gasteiger partial charge in [-0.2, -0.15) is 0 Å². The first-order chi connectivity index (χ1) is 15.4. The van der Waals surface area contributed by atoms with Crippen LogP contribution in [0.4, 0.5) is 0 Å². The summed E-state index contributed by atoms with van der Waals surface area (Å²) in [6.07, 6.45) is 11.2. The Labute approximate surface area is 202 Å². The van der Waals surface area contributed by atoms with Crippen molar-refractivity contribution >= 4 is 0 Å². The van der Waals surface area contributed by atoms with E-state index in [-0.39, 0.29) is 39.8 Å². The molecule has 0 aromatic rings. The SMILES string of the molecule is C=C(C)[C@@H]1CC[C@]2(CO)CC[C@]3(C)C(CCC4[C@@]5(C)CC[C@H](O)[C@](C)(CO)C5CC[C@]43C)C12. The highest BCUT2D eigenvalue weighted by Gasteiger charge is 2.71. The lowest BCUT2D eigenvalue weighted by Crippen LogP contribution is -2.67. The summed E-state index contributed by atoms with van der Waals surface area (Å²) in [7, 11) is 0. The number of aliphatic hydroxyl groups is 3. The summed E-state index contributed by atoms with van der Waals surface area (Å²) in [5.41, 5.74) is 1.83. The van der Waals surface area contributed by atoms with Gasteiger partial charge in [0.1, 0.15) is 0 Å². The molecule has 0 spiro atoms. The van der Waals surface area contributed by atoms with E-state index in [4.69, 9.17) is 0 Å². The zero-order chi connectivity index (χ0) is 24.0. The van der Waals surface area contributed by atoms with E-state index in [1.54, 1.807) is 0 Å². The lowest BCUT2D eigenvalue weighted by molar-refractivity contribution is -0.255. The summed E-state index contributed by atoms with van der Waals surface area (Å²) in [5, 5.41) is 32.0. The molecule has 0 amide bonds. The maximum atomic E-state index is 10.9. The molecule has 5 rings (SSSR count). The predicted octanol–water partition coefficient (Wildman–Crippen LogP) is 5.97. The van der Waals surface area contributed by atoms with Gasteiger partial charge in [-0.15, -0.1) is 0 Å². The molecule has 4 unspecified atom stereocenters. The lowest BCUT2D eigenvalue weighted by Gasteiger charge is -2.73. The van der Waals surface area contributed by atoms with Crippen LogP contribution in [0.25, 0.3) is 0 Å². The first kappa shape index (κ1) is 24.3. The summed E-state index contributed by atoms with van der Waals surface area (Å²) in [6.45, 7) is 17.0. The van der Waals surface area contributed by atoms with Gasteiger partial charge in [-0.05, 0) is 122 Å². The van der Waals surface area contributed by atoms with Gasteiger partial charge in [0.15, 0.2) is 0 Å². The van der Waals surface area contributed by atoms with Crippen LogP contribution in [0, 0.1) is 56.7 Å². The van der Waals surface area contributed by atoms with Gasteiger partial charge in [0, 0.05) is 12.0 Å². The molecule has 0 aromatic heterocycles. The molecule has 5 aliphatic rings. The average Bonchev–Trinajstić information content (AvgIpc) is 3.17. The first-order valence-electron chi connectivity index (χ1n) is 14.0. The molecule has 5 fully saturated rings. The third kappa shape index (κ3) is 2.85. The van der Waals surface area contributed by atoms with Crippen molar-refractivity contribution in [3.63, 3.8) is 0 Å². The van der Waals surface area contributed by atoms with E-state index in [0.717, 1.165) is 19.3 Å². The Hall–Kier alpha value is -0.380. The number of allylic oxidation sites excluding steroid dienone is 1. The lowest BCUT2D eigenvalue weighted by atomic mass is 9.32. The third-order valence-corrected chi connectivity index (χ3v) is 13.7. The number of rotatable bonds is 3. The molecule has 3 nitrogen and oxygen atoms in total. The van der Waals surface area contributed by atoms with Crippen molar-refractivity contribution in [3.8, 4) is 0 Å². The summed E-state index contributed by atoms with van der Waals surface area (Å²) >= 11 is 0. The number of aliphatic hydroxyl groups excluding tert-OH is 3. The standard InChI is InChI=1S/C30H50O3/c1-19(2)20-9-14-30(18-32)16-15-28(5)21(25(20)30)7-8-23-26(3)12-11-24(33)27(4,17-31)22(26)10-13-29(23,28)6/h20-25,31-33H,1,7-18H2,2-6H3/t20-,21?,22?,23?,24-,25?,26-,27+,28+,29+,30+/m0/s1. The van der Waals surface area contributed by atoms with Crippen LogP contribution in [0.2, 0.25) is 0 Å². The van der Waals surface area contributed by atoms with Crippen LogP contribution in [-0.4, -0.2) is 34.6 Å². The van der Waals surface area contributed by atoms with Gasteiger partial charge in [-0.3, -0.25) is 0 Å². The van der Waals surface area contributed by atoms with Crippen LogP contribution in [0.5, 0.6) is 0 Å². The highest BCUT2D eigenvalue weighted by Crippen LogP contribution is 2.77. The predicted molar refractivity (Wildman–Crippen MR) is 133 cm³/mol. The second-order valence-corrected chi connectivity index (χ2v) is 14.4. The first-order valence-corrected chi connectivity index (χ1v) is 14.0. The van der Waals surface area contributed by atoms with Crippen LogP contribution in [0.15, 0.2) is 12.2 Å². The second-order valence-electron chi connectivity index (χ2n) is 14.4. The fraction of sp³-hybridized carbons (Fsp3) is 0.933. The molecule has 0 saturated heterocycles. The maximum absolute atomic E-state index is 10.9. The molecular weight excluding hydrogens is 408 g/mol. The van der Waals surface area contributed by atoms with Crippen molar-refractivity contribution in [2.75, 3.05) is 13.2 Å². The van der Waals surface area contributed by atoms with Crippen LogP contribution in [-0.2, 0) is 0 Å². The molecule has 5 saturated carbocycles. The summed E-state index contributed by atoms with van der Waals surface area (Å²) < 4.78 is 0. The van der Waals surface area contributed by atoms with E-state index in [1.807, 2.05) is 0 Å². The monoisotopic (exact) mass is 458 g/mol. The fourth-order valence-corrected chi connectivity index (χ4v) is 11.6. The molecule has 5 aliphatic carbocycles. The van der Waals surface area contributed by atoms with E-state index >= 15 is 0 Å². The van der Waals surface area contributed by atoms with Gasteiger partial charge >= 0.3 is 0 Å². The van der Waals surface area contributed by atoms with Crippen molar-refractivity contribution in [2.45, 2.75) is 105 Å². The van der Waals surface area contributed by atoms with Crippen molar-refractivity contribution in [1.29, 1.82) is 0 Å². The van der Waals surface area contributed by atoms with Gasteiger partial charge in [0.2, 0.25) is 0 Å². The van der Waals surface area contributed by atoms with Gasteiger partial charge in [0.25, 0.3) is 0 Å². The van der Waals surface area contributed by atoms with E-state index in [9.17, 15) is 15.3 Å². The molecule has 0 radical (unpaired) electrons. The molecule has 0 heterocycles. The molecule has 188 valence electrons. The third-order valence-electron chi connectivity index (χ3n) is 13.7. The summed E-state index contributed by atoms with van der Waals surface area (Å²) in [5.74, 6) is 2.86. The van der Waals surface area contributed by atoms with E-state index in [0.29, 0.717) is 36.2 Å². The zero-order valence-corrected chi connectivity index (χ0v) is 22.0. The molecule has 11 atom stereocenters. The highest BCUT2D eigenvalue weighted by molar-refractivity contribution is 5.21. The molecule has 3 N–H and O–H groups in total. The number of hydrogen-bond donors (Lipinski definition) is 3. The van der Waals surface area contributed by atoms with Gasteiger partial charge in [-0.1, -0.05) is 39.8 Å². The van der Waals surface area contributed by atoms with Crippen LogP contribution >= 0.6 is 0 Å². The van der Waals surface area contributed by atoms with Crippen molar-refractivity contribution < 1.29 is 15.3 Å². The van der Waals surface area contributed by atoms with Gasteiger partial charge in [-0.25, -0.2) is 0 Å².